The standard InChI is InChI=1S/C16H11BrClN3O/c17-10-3-1-9(2-4-10)16-19-14-12(18)6-5-11-13(20-22)7-8-21(16)15(11)14/h1-6,22H,7-8H2/b20-13+. The molecule has 0 aliphatic carbocycles. The molecule has 0 fully saturated rings. The van der Waals surface area contributed by atoms with Crippen LogP contribution in [0.25, 0.3) is 22.4 Å². The predicted molar refractivity (Wildman–Crippen MR) is 90.8 cm³/mol. The van der Waals surface area contributed by atoms with E-state index in [0.29, 0.717) is 23.7 Å². The summed E-state index contributed by atoms with van der Waals surface area (Å²) in [6.07, 6.45) is 0.667. The van der Waals surface area contributed by atoms with Crippen molar-refractivity contribution < 1.29 is 5.21 Å². The number of benzene rings is 2. The van der Waals surface area contributed by atoms with Crippen molar-refractivity contribution in [2.24, 2.45) is 5.16 Å². The number of aromatic nitrogens is 2. The molecule has 4 nitrogen and oxygen atoms in total. The van der Waals surface area contributed by atoms with Crippen molar-refractivity contribution in [3.8, 4) is 11.4 Å². The molecule has 0 atom stereocenters. The molecule has 0 saturated carbocycles. The Labute approximate surface area is 140 Å². The minimum absolute atomic E-state index is 0.607. The molecule has 3 aromatic rings. The highest BCUT2D eigenvalue weighted by atomic mass is 79.9. The first-order valence-corrected chi connectivity index (χ1v) is 8.02. The fraction of sp³-hybridized carbons (Fsp3) is 0.125. The highest BCUT2D eigenvalue weighted by Crippen LogP contribution is 2.35. The van der Waals surface area contributed by atoms with Crippen LogP contribution in [-0.4, -0.2) is 20.5 Å². The van der Waals surface area contributed by atoms with Gasteiger partial charge in [0.25, 0.3) is 0 Å². The van der Waals surface area contributed by atoms with Gasteiger partial charge >= 0.3 is 0 Å². The van der Waals surface area contributed by atoms with Crippen LogP contribution in [0.2, 0.25) is 5.02 Å². The van der Waals surface area contributed by atoms with Gasteiger partial charge in [-0.25, -0.2) is 4.98 Å². The summed E-state index contributed by atoms with van der Waals surface area (Å²) < 4.78 is 3.17. The molecular formula is C16H11BrClN3O. The minimum Gasteiger partial charge on any atom is -0.411 e. The van der Waals surface area contributed by atoms with Gasteiger partial charge in [0.1, 0.15) is 11.3 Å². The molecule has 0 saturated heterocycles. The average Bonchev–Trinajstić information content (AvgIpc) is 2.93. The van der Waals surface area contributed by atoms with Gasteiger partial charge in [0, 0.05) is 28.6 Å². The normalized spacial score (nSPS) is 15.6. The van der Waals surface area contributed by atoms with Gasteiger partial charge in [0.15, 0.2) is 0 Å². The summed E-state index contributed by atoms with van der Waals surface area (Å²) in [5, 5.41) is 13.2. The fourth-order valence-electron chi connectivity index (χ4n) is 2.93. The molecule has 2 aromatic carbocycles. The summed E-state index contributed by atoms with van der Waals surface area (Å²) in [5.74, 6) is 0.883. The van der Waals surface area contributed by atoms with Crippen molar-refractivity contribution in [3.05, 3.63) is 51.5 Å². The van der Waals surface area contributed by atoms with E-state index in [9.17, 15) is 5.21 Å². The van der Waals surface area contributed by atoms with Crippen LogP contribution in [0.5, 0.6) is 0 Å². The maximum atomic E-state index is 9.21. The van der Waals surface area contributed by atoms with E-state index in [2.05, 4.69) is 25.7 Å². The zero-order chi connectivity index (χ0) is 15.3. The number of oxime groups is 1. The second-order valence-electron chi connectivity index (χ2n) is 5.18. The first-order valence-electron chi connectivity index (χ1n) is 6.85. The van der Waals surface area contributed by atoms with E-state index in [0.717, 1.165) is 32.5 Å². The largest absolute Gasteiger partial charge is 0.411 e. The quantitative estimate of drug-likeness (QED) is 0.494. The average molecular weight is 377 g/mol. The molecule has 4 rings (SSSR count). The Balaban J connectivity index is 2.05. The Bertz CT molecular complexity index is 915. The van der Waals surface area contributed by atoms with Crippen molar-refractivity contribution in [1.82, 2.24) is 9.55 Å². The second kappa shape index (κ2) is 5.11. The number of nitrogens with zero attached hydrogens (tertiary/aromatic N) is 3. The van der Waals surface area contributed by atoms with Gasteiger partial charge in [0.05, 0.1) is 16.3 Å². The Morgan fingerprint density at radius 2 is 1.95 bits per heavy atom. The van der Waals surface area contributed by atoms with E-state index in [1.807, 2.05) is 30.3 Å². The SMILES string of the molecule is O/N=C1\CCn2c(-c3ccc(Br)cc3)nc3c(Cl)ccc1c32. The van der Waals surface area contributed by atoms with Gasteiger partial charge in [-0.05, 0) is 24.3 Å². The maximum Gasteiger partial charge on any atom is 0.141 e. The van der Waals surface area contributed by atoms with E-state index < -0.39 is 0 Å². The van der Waals surface area contributed by atoms with Gasteiger partial charge in [-0.2, -0.15) is 0 Å². The first-order chi connectivity index (χ1) is 10.7. The van der Waals surface area contributed by atoms with E-state index >= 15 is 0 Å². The molecule has 1 aliphatic heterocycles. The highest BCUT2D eigenvalue weighted by molar-refractivity contribution is 9.10. The van der Waals surface area contributed by atoms with Crippen LogP contribution in [-0.2, 0) is 6.54 Å². The Hall–Kier alpha value is -1.85. The molecule has 0 bridgehead atoms. The Morgan fingerprint density at radius 1 is 1.18 bits per heavy atom. The zero-order valence-corrected chi connectivity index (χ0v) is 13.8. The molecule has 22 heavy (non-hydrogen) atoms. The summed E-state index contributed by atoms with van der Waals surface area (Å²) in [5.41, 5.74) is 4.29. The van der Waals surface area contributed by atoms with E-state index in [4.69, 9.17) is 16.6 Å². The summed E-state index contributed by atoms with van der Waals surface area (Å²) in [4.78, 5) is 4.73. The first kappa shape index (κ1) is 13.8. The van der Waals surface area contributed by atoms with Gasteiger partial charge < -0.3 is 9.77 Å². The van der Waals surface area contributed by atoms with Crippen LogP contribution in [0.4, 0.5) is 0 Å². The Morgan fingerprint density at radius 3 is 2.68 bits per heavy atom. The number of hydrogen-bond acceptors (Lipinski definition) is 3. The number of imidazole rings is 1. The summed E-state index contributed by atoms with van der Waals surface area (Å²) in [6.45, 7) is 0.717. The summed E-state index contributed by atoms with van der Waals surface area (Å²) in [7, 11) is 0. The topological polar surface area (TPSA) is 50.4 Å². The zero-order valence-electron chi connectivity index (χ0n) is 11.4. The van der Waals surface area contributed by atoms with Crippen molar-refractivity contribution in [2.45, 2.75) is 13.0 Å². The van der Waals surface area contributed by atoms with Gasteiger partial charge in [-0.1, -0.05) is 44.8 Å². The number of halogens is 2. The van der Waals surface area contributed by atoms with Crippen LogP contribution in [0.15, 0.2) is 46.0 Å². The minimum atomic E-state index is 0.607. The van der Waals surface area contributed by atoms with Crippen LogP contribution in [0.1, 0.15) is 12.0 Å². The van der Waals surface area contributed by atoms with Crippen LogP contribution in [0, 0.1) is 0 Å². The fourth-order valence-corrected chi connectivity index (χ4v) is 3.39. The molecular weight excluding hydrogens is 366 g/mol. The van der Waals surface area contributed by atoms with Crippen molar-refractivity contribution in [1.29, 1.82) is 0 Å². The van der Waals surface area contributed by atoms with Crippen molar-refractivity contribution in [3.63, 3.8) is 0 Å². The molecule has 0 amide bonds. The van der Waals surface area contributed by atoms with E-state index in [1.54, 1.807) is 6.07 Å². The third-order valence-corrected chi connectivity index (χ3v) is 4.79. The third kappa shape index (κ3) is 1.96. The lowest BCUT2D eigenvalue weighted by atomic mass is 10.0. The van der Waals surface area contributed by atoms with Crippen LogP contribution < -0.4 is 0 Å². The van der Waals surface area contributed by atoms with Gasteiger partial charge in [-0.3, -0.25) is 0 Å². The molecule has 110 valence electrons. The Kier molecular flexibility index (Phi) is 3.20. The molecule has 0 radical (unpaired) electrons. The number of rotatable bonds is 1. The molecule has 0 spiro atoms. The number of hydrogen-bond donors (Lipinski definition) is 1. The molecule has 1 aliphatic rings. The summed E-state index contributed by atoms with van der Waals surface area (Å²) >= 11 is 9.76. The predicted octanol–water partition coefficient (Wildman–Crippen LogP) is 4.70. The van der Waals surface area contributed by atoms with Crippen LogP contribution >= 0.6 is 27.5 Å². The second-order valence-corrected chi connectivity index (χ2v) is 6.51. The third-order valence-electron chi connectivity index (χ3n) is 3.95. The lowest BCUT2D eigenvalue weighted by Gasteiger charge is -2.18. The van der Waals surface area contributed by atoms with Crippen molar-refractivity contribution in [2.75, 3.05) is 0 Å². The molecule has 1 N–H and O–H groups in total. The highest BCUT2D eigenvalue weighted by Gasteiger charge is 2.24. The van der Waals surface area contributed by atoms with E-state index in [-0.39, 0.29) is 0 Å². The molecule has 2 heterocycles. The maximum absolute atomic E-state index is 9.21. The van der Waals surface area contributed by atoms with Gasteiger partial charge in [0.2, 0.25) is 0 Å². The van der Waals surface area contributed by atoms with Crippen molar-refractivity contribution >= 4 is 44.3 Å². The van der Waals surface area contributed by atoms with Gasteiger partial charge in [-0.15, -0.1) is 0 Å². The lowest BCUT2D eigenvalue weighted by molar-refractivity contribution is 0.317. The molecule has 0 unspecified atom stereocenters. The smallest absolute Gasteiger partial charge is 0.141 e. The molecule has 1 aromatic heterocycles. The summed E-state index contributed by atoms with van der Waals surface area (Å²) in [6, 6.07) is 11.7. The lowest BCUT2D eigenvalue weighted by Crippen LogP contribution is -2.15. The monoisotopic (exact) mass is 375 g/mol. The molecule has 6 heteroatoms. The van der Waals surface area contributed by atoms with E-state index in [1.165, 1.54) is 0 Å². The number of aryl methyl sites for hydroxylation is 1. The van der Waals surface area contributed by atoms with Crippen LogP contribution in [0.3, 0.4) is 0 Å².